The largest absolute Gasteiger partial charge is 0.366 e. The second-order valence-electron chi connectivity index (χ2n) is 7.55. The topological polar surface area (TPSA) is 44.7 Å². The first kappa shape index (κ1) is 18.2. The summed E-state index contributed by atoms with van der Waals surface area (Å²) in [5.41, 5.74) is 7.02. The summed E-state index contributed by atoms with van der Waals surface area (Å²) < 4.78 is 0. The standard InChI is InChI=1S/C22H27N3O/c1-5-25-20-12-11-17(13-19(20)16(2)14-22(25,3)4)15-23-24-21(26)18-9-7-6-8-10-18/h6-13,15-16H,5,14H2,1-4H3,(H,24,26)/b23-15-/t16-/m0/s1. The van der Waals surface area contributed by atoms with Crippen molar-refractivity contribution in [3.8, 4) is 0 Å². The van der Waals surface area contributed by atoms with E-state index in [0.717, 1.165) is 18.5 Å². The Kier molecular flexibility index (Phi) is 5.12. The molecule has 1 N–H and O–H groups in total. The zero-order valence-electron chi connectivity index (χ0n) is 16.0. The Labute approximate surface area is 155 Å². The van der Waals surface area contributed by atoms with Crippen LogP contribution < -0.4 is 10.3 Å². The van der Waals surface area contributed by atoms with Crippen LogP contribution in [-0.2, 0) is 0 Å². The van der Waals surface area contributed by atoms with Crippen molar-refractivity contribution in [3.63, 3.8) is 0 Å². The van der Waals surface area contributed by atoms with Gasteiger partial charge in [0.1, 0.15) is 0 Å². The van der Waals surface area contributed by atoms with E-state index in [2.05, 4.69) is 61.3 Å². The van der Waals surface area contributed by atoms with Crippen LogP contribution in [0.5, 0.6) is 0 Å². The highest BCUT2D eigenvalue weighted by atomic mass is 16.2. The van der Waals surface area contributed by atoms with Gasteiger partial charge >= 0.3 is 0 Å². The molecule has 1 heterocycles. The maximum absolute atomic E-state index is 12.0. The van der Waals surface area contributed by atoms with Crippen LogP contribution in [0.2, 0.25) is 0 Å². The molecule has 0 aliphatic carbocycles. The number of hydrogen-bond acceptors (Lipinski definition) is 3. The predicted octanol–water partition coefficient (Wildman–Crippen LogP) is 4.56. The van der Waals surface area contributed by atoms with Gasteiger partial charge in [0.15, 0.2) is 0 Å². The Balaban J connectivity index is 1.77. The summed E-state index contributed by atoms with van der Waals surface area (Å²) in [5, 5.41) is 4.12. The highest BCUT2D eigenvalue weighted by molar-refractivity contribution is 5.94. The van der Waals surface area contributed by atoms with Gasteiger partial charge in [0.25, 0.3) is 5.91 Å². The summed E-state index contributed by atoms with van der Waals surface area (Å²) in [5.74, 6) is 0.294. The zero-order valence-corrected chi connectivity index (χ0v) is 16.0. The summed E-state index contributed by atoms with van der Waals surface area (Å²) in [7, 11) is 0. The summed E-state index contributed by atoms with van der Waals surface area (Å²) in [4.78, 5) is 14.5. The average molecular weight is 349 g/mol. The molecule has 0 aromatic heterocycles. The molecule has 0 unspecified atom stereocenters. The molecule has 0 radical (unpaired) electrons. The molecule has 4 nitrogen and oxygen atoms in total. The second kappa shape index (κ2) is 7.32. The number of nitrogens with zero attached hydrogens (tertiary/aromatic N) is 2. The molecule has 0 saturated carbocycles. The van der Waals surface area contributed by atoms with Crippen molar-refractivity contribution in [2.45, 2.75) is 45.6 Å². The average Bonchev–Trinajstić information content (AvgIpc) is 2.62. The molecule has 1 aliphatic rings. The molecular formula is C22H27N3O. The van der Waals surface area contributed by atoms with E-state index in [1.165, 1.54) is 11.3 Å². The number of fused-ring (bicyclic) bond motifs is 1. The fourth-order valence-electron chi connectivity index (χ4n) is 4.01. The molecule has 2 aromatic rings. The van der Waals surface area contributed by atoms with Gasteiger partial charge in [-0.1, -0.05) is 31.2 Å². The van der Waals surface area contributed by atoms with Crippen molar-refractivity contribution >= 4 is 17.8 Å². The van der Waals surface area contributed by atoms with E-state index in [1.807, 2.05) is 18.2 Å². The molecule has 0 bridgehead atoms. The number of carbonyl (C=O) groups is 1. The van der Waals surface area contributed by atoms with Crippen LogP contribution in [0.15, 0.2) is 53.6 Å². The molecule has 2 aromatic carbocycles. The Bertz CT molecular complexity index is 811. The minimum absolute atomic E-state index is 0.167. The van der Waals surface area contributed by atoms with E-state index in [0.29, 0.717) is 11.5 Å². The number of hydrogen-bond donors (Lipinski definition) is 1. The van der Waals surface area contributed by atoms with Gasteiger partial charge < -0.3 is 4.90 Å². The third-order valence-electron chi connectivity index (χ3n) is 5.14. The molecular weight excluding hydrogens is 322 g/mol. The first-order valence-corrected chi connectivity index (χ1v) is 9.22. The number of carbonyl (C=O) groups excluding carboxylic acids is 1. The minimum atomic E-state index is -0.202. The SMILES string of the molecule is CCN1c2ccc(/C=N\NC(=O)c3ccccc3)cc2[C@@H](C)CC1(C)C. The normalized spacial score (nSPS) is 18.6. The second-order valence-corrected chi connectivity index (χ2v) is 7.55. The first-order chi connectivity index (χ1) is 12.4. The van der Waals surface area contributed by atoms with Crippen molar-refractivity contribution in [3.05, 3.63) is 65.2 Å². The maximum Gasteiger partial charge on any atom is 0.271 e. The van der Waals surface area contributed by atoms with Crippen LogP contribution in [0.1, 0.15) is 61.5 Å². The van der Waals surface area contributed by atoms with E-state index in [9.17, 15) is 4.79 Å². The Morgan fingerprint density at radius 3 is 2.69 bits per heavy atom. The number of nitrogens with one attached hydrogen (secondary N) is 1. The lowest BCUT2D eigenvalue weighted by atomic mass is 9.79. The van der Waals surface area contributed by atoms with E-state index >= 15 is 0 Å². The van der Waals surface area contributed by atoms with Gasteiger partial charge in [-0.3, -0.25) is 4.79 Å². The van der Waals surface area contributed by atoms with Gasteiger partial charge in [-0.15, -0.1) is 0 Å². The number of amides is 1. The lowest BCUT2D eigenvalue weighted by Gasteiger charge is -2.47. The van der Waals surface area contributed by atoms with Crippen LogP contribution in [0.4, 0.5) is 5.69 Å². The molecule has 0 spiro atoms. The fraction of sp³-hybridized carbons (Fsp3) is 0.364. The summed E-state index contributed by atoms with van der Waals surface area (Å²) >= 11 is 0. The van der Waals surface area contributed by atoms with Crippen LogP contribution in [0.3, 0.4) is 0 Å². The first-order valence-electron chi connectivity index (χ1n) is 9.22. The van der Waals surface area contributed by atoms with Crippen molar-refractivity contribution in [2.75, 3.05) is 11.4 Å². The Morgan fingerprint density at radius 2 is 2.00 bits per heavy atom. The quantitative estimate of drug-likeness (QED) is 0.649. The smallest absolute Gasteiger partial charge is 0.271 e. The molecule has 1 amide bonds. The predicted molar refractivity (Wildman–Crippen MR) is 108 cm³/mol. The number of rotatable bonds is 4. The molecule has 26 heavy (non-hydrogen) atoms. The van der Waals surface area contributed by atoms with Crippen LogP contribution >= 0.6 is 0 Å². The van der Waals surface area contributed by atoms with Crippen LogP contribution in [0, 0.1) is 0 Å². The van der Waals surface area contributed by atoms with Gasteiger partial charge in [0, 0.05) is 23.3 Å². The van der Waals surface area contributed by atoms with E-state index < -0.39 is 0 Å². The Morgan fingerprint density at radius 1 is 1.27 bits per heavy atom. The van der Waals surface area contributed by atoms with E-state index in [-0.39, 0.29) is 11.4 Å². The third-order valence-corrected chi connectivity index (χ3v) is 5.14. The minimum Gasteiger partial charge on any atom is -0.366 e. The molecule has 136 valence electrons. The number of anilines is 1. The van der Waals surface area contributed by atoms with Crippen molar-refractivity contribution in [1.29, 1.82) is 0 Å². The monoisotopic (exact) mass is 349 g/mol. The van der Waals surface area contributed by atoms with Gasteiger partial charge in [-0.25, -0.2) is 5.43 Å². The fourth-order valence-corrected chi connectivity index (χ4v) is 4.01. The van der Waals surface area contributed by atoms with Crippen molar-refractivity contribution in [1.82, 2.24) is 5.43 Å². The van der Waals surface area contributed by atoms with Gasteiger partial charge in [-0.2, -0.15) is 5.10 Å². The molecule has 1 atom stereocenters. The van der Waals surface area contributed by atoms with E-state index in [4.69, 9.17) is 0 Å². The molecule has 1 aliphatic heterocycles. The van der Waals surface area contributed by atoms with Crippen LogP contribution in [-0.4, -0.2) is 24.2 Å². The molecule has 3 rings (SSSR count). The van der Waals surface area contributed by atoms with Gasteiger partial charge in [0.05, 0.1) is 6.21 Å². The highest BCUT2D eigenvalue weighted by Gasteiger charge is 2.35. The lowest BCUT2D eigenvalue weighted by molar-refractivity contribution is 0.0955. The molecule has 4 heteroatoms. The summed E-state index contributed by atoms with van der Waals surface area (Å²) in [6, 6.07) is 15.5. The number of hydrazone groups is 1. The summed E-state index contributed by atoms with van der Waals surface area (Å²) in [6.07, 6.45) is 2.84. The maximum atomic E-state index is 12.0. The van der Waals surface area contributed by atoms with Crippen molar-refractivity contribution < 1.29 is 4.79 Å². The Hall–Kier alpha value is -2.62. The lowest BCUT2D eigenvalue weighted by Crippen LogP contribution is -2.48. The van der Waals surface area contributed by atoms with E-state index in [1.54, 1.807) is 18.3 Å². The zero-order chi connectivity index (χ0) is 18.7. The van der Waals surface area contributed by atoms with Crippen LogP contribution in [0.25, 0.3) is 0 Å². The molecule has 0 saturated heterocycles. The van der Waals surface area contributed by atoms with Gasteiger partial charge in [-0.05, 0) is 68.5 Å². The summed E-state index contributed by atoms with van der Waals surface area (Å²) in [6.45, 7) is 10.1. The highest BCUT2D eigenvalue weighted by Crippen LogP contribution is 2.43. The van der Waals surface area contributed by atoms with Crippen molar-refractivity contribution in [2.24, 2.45) is 5.10 Å². The number of benzene rings is 2. The third kappa shape index (κ3) is 3.64. The molecule has 0 fully saturated rings. The van der Waals surface area contributed by atoms with Gasteiger partial charge in [0.2, 0.25) is 0 Å².